The number of ether oxygens (including phenoxy) is 1. The summed E-state index contributed by atoms with van der Waals surface area (Å²) < 4.78 is 5.09. The predicted molar refractivity (Wildman–Crippen MR) is 64.4 cm³/mol. The molecule has 1 rings (SSSR count). The summed E-state index contributed by atoms with van der Waals surface area (Å²) in [7, 11) is 1.47. The van der Waals surface area contributed by atoms with Gasteiger partial charge < -0.3 is 20.3 Å². The van der Waals surface area contributed by atoms with Gasteiger partial charge in [-0.1, -0.05) is 0 Å². The molecule has 7 heteroatoms. The molecule has 1 aromatic rings. The smallest absolute Gasteiger partial charge is 0.270 e. The molecular weight excluding hydrogens is 240 g/mol. The van der Waals surface area contributed by atoms with Gasteiger partial charge in [-0.3, -0.25) is 10.1 Å². The normalized spacial score (nSPS) is 10.7. The van der Waals surface area contributed by atoms with E-state index in [1.54, 1.807) is 0 Å². The second kappa shape index (κ2) is 6.90. The highest BCUT2D eigenvalue weighted by molar-refractivity contribution is 5.43. The number of aliphatic hydroxyl groups excluding tert-OH is 2. The van der Waals surface area contributed by atoms with Crippen LogP contribution in [0.25, 0.3) is 0 Å². The maximum Gasteiger partial charge on any atom is 0.270 e. The van der Waals surface area contributed by atoms with Gasteiger partial charge in [-0.25, -0.2) is 0 Å². The summed E-state index contributed by atoms with van der Waals surface area (Å²) in [6.45, 7) is -0.169. The number of nitro benzene ring substituents is 1. The fourth-order valence-electron chi connectivity index (χ4n) is 1.46. The van der Waals surface area contributed by atoms with Crippen molar-refractivity contribution in [1.29, 1.82) is 0 Å². The van der Waals surface area contributed by atoms with E-state index in [-0.39, 0.29) is 25.4 Å². The Kier molecular flexibility index (Phi) is 5.50. The van der Waals surface area contributed by atoms with Gasteiger partial charge in [-0.15, -0.1) is 0 Å². The van der Waals surface area contributed by atoms with Crippen LogP contribution in [0.15, 0.2) is 18.2 Å². The van der Waals surface area contributed by atoms with E-state index in [4.69, 9.17) is 14.9 Å². The van der Waals surface area contributed by atoms with Crippen molar-refractivity contribution in [3.8, 4) is 5.75 Å². The first kappa shape index (κ1) is 14.4. The molecule has 0 amide bonds. The molecule has 0 radical (unpaired) electrons. The molecule has 0 atom stereocenters. The fraction of sp³-hybridized carbons (Fsp3) is 0.455. The van der Waals surface area contributed by atoms with Crippen LogP contribution in [0.2, 0.25) is 0 Å². The molecule has 0 aliphatic carbocycles. The van der Waals surface area contributed by atoms with Gasteiger partial charge in [0.1, 0.15) is 5.75 Å². The van der Waals surface area contributed by atoms with Crippen molar-refractivity contribution in [2.24, 2.45) is 0 Å². The summed E-state index contributed by atoms with van der Waals surface area (Å²) >= 11 is 0. The number of nitrogens with zero attached hydrogens (tertiary/aromatic N) is 1. The van der Waals surface area contributed by atoms with Gasteiger partial charge in [0.15, 0.2) is 0 Å². The average Bonchev–Trinajstić information content (AvgIpc) is 2.39. The molecular formula is C11H16N2O5. The third-order valence-corrected chi connectivity index (χ3v) is 2.50. The van der Waals surface area contributed by atoms with Crippen molar-refractivity contribution in [1.82, 2.24) is 5.32 Å². The van der Waals surface area contributed by atoms with Crippen molar-refractivity contribution in [3.05, 3.63) is 33.9 Å². The number of nitro groups is 1. The molecule has 1 aromatic carbocycles. The second-order valence-electron chi connectivity index (χ2n) is 3.70. The zero-order chi connectivity index (χ0) is 13.5. The van der Waals surface area contributed by atoms with E-state index in [0.717, 1.165) is 0 Å². The Morgan fingerprint density at radius 1 is 1.44 bits per heavy atom. The number of nitrogens with one attached hydrogen (secondary N) is 1. The van der Waals surface area contributed by atoms with E-state index in [1.165, 1.54) is 25.3 Å². The lowest BCUT2D eigenvalue weighted by molar-refractivity contribution is -0.384. The van der Waals surface area contributed by atoms with E-state index in [1.807, 2.05) is 0 Å². The van der Waals surface area contributed by atoms with E-state index < -0.39 is 11.0 Å². The molecule has 0 saturated heterocycles. The van der Waals surface area contributed by atoms with Gasteiger partial charge in [0.25, 0.3) is 5.69 Å². The summed E-state index contributed by atoms with van der Waals surface area (Å²) in [5, 5.41) is 31.4. The highest BCUT2D eigenvalue weighted by atomic mass is 16.6. The van der Waals surface area contributed by atoms with E-state index >= 15 is 0 Å². The summed E-state index contributed by atoms with van der Waals surface area (Å²) in [5.74, 6) is 0.516. The zero-order valence-corrected chi connectivity index (χ0v) is 10.00. The standard InChI is InChI=1S/C11H16N2O5/c1-18-11-3-2-10(13(16)17)4-8(11)5-12-9(6-14)7-15/h2-4,9,12,14-15H,5-7H2,1H3. The summed E-state index contributed by atoms with van der Waals surface area (Å²) in [5.41, 5.74) is 0.566. The molecule has 0 bridgehead atoms. The molecule has 0 spiro atoms. The Labute approximate surface area is 104 Å². The highest BCUT2D eigenvalue weighted by Gasteiger charge is 2.12. The van der Waals surface area contributed by atoms with Gasteiger partial charge in [0.2, 0.25) is 0 Å². The van der Waals surface area contributed by atoms with Gasteiger partial charge in [0, 0.05) is 24.2 Å². The third kappa shape index (κ3) is 3.66. The largest absolute Gasteiger partial charge is 0.496 e. The molecule has 0 aromatic heterocycles. The van der Waals surface area contributed by atoms with Crippen molar-refractivity contribution < 1.29 is 19.9 Å². The number of methoxy groups -OCH3 is 1. The minimum atomic E-state index is -0.488. The quantitative estimate of drug-likeness (QED) is 0.470. The maximum atomic E-state index is 10.7. The molecule has 0 unspecified atom stereocenters. The minimum Gasteiger partial charge on any atom is -0.496 e. The average molecular weight is 256 g/mol. The topological polar surface area (TPSA) is 105 Å². The molecule has 0 aliphatic rings. The third-order valence-electron chi connectivity index (χ3n) is 2.50. The van der Waals surface area contributed by atoms with Crippen LogP contribution in [-0.4, -0.2) is 41.5 Å². The first-order valence-electron chi connectivity index (χ1n) is 5.38. The summed E-state index contributed by atoms with van der Waals surface area (Å²) in [6, 6.07) is 3.81. The molecule has 0 fully saturated rings. The monoisotopic (exact) mass is 256 g/mol. The van der Waals surface area contributed by atoms with Crippen molar-refractivity contribution in [2.45, 2.75) is 12.6 Å². The Hall–Kier alpha value is -1.70. The van der Waals surface area contributed by atoms with Gasteiger partial charge in [0.05, 0.1) is 31.3 Å². The first-order chi connectivity index (χ1) is 8.62. The summed E-state index contributed by atoms with van der Waals surface area (Å²) in [6.07, 6.45) is 0. The van der Waals surface area contributed by atoms with Crippen LogP contribution in [0.4, 0.5) is 5.69 Å². The van der Waals surface area contributed by atoms with Gasteiger partial charge >= 0.3 is 0 Å². The molecule has 100 valence electrons. The Balaban J connectivity index is 2.84. The van der Waals surface area contributed by atoms with Crippen molar-refractivity contribution >= 4 is 5.69 Å². The van der Waals surface area contributed by atoms with Crippen LogP contribution >= 0.6 is 0 Å². The minimum absolute atomic E-state index is 0.0304. The Morgan fingerprint density at radius 3 is 2.61 bits per heavy atom. The fourth-order valence-corrected chi connectivity index (χ4v) is 1.46. The van der Waals surface area contributed by atoms with Crippen LogP contribution in [0.1, 0.15) is 5.56 Å². The predicted octanol–water partition coefficient (Wildman–Crippen LogP) is 0.0462. The molecule has 0 saturated carbocycles. The molecule has 3 N–H and O–H groups in total. The molecule has 0 heterocycles. The van der Waals surface area contributed by atoms with Gasteiger partial charge in [-0.2, -0.15) is 0 Å². The molecule has 7 nitrogen and oxygen atoms in total. The van der Waals surface area contributed by atoms with Crippen molar-refractivity contribution in [3.63, 3.8) is 0 Å². The lowest BCUT2D eigenvalue weighted by Gasteiger charge is -2.14. The summed E-state index contributed by atoms with van der Waals surface area (Å²) in [4.78, 5) is 10.2. The number of hydrogen-bond donors (Lipinski definition) is 3. The van der Waals surface area contributed by atoms with E-state index in [9.17, 15) is 10.1 Å². The number of rotatable bonds is 7. The number of non-ortho nitro benzene ring substituents is 1. The van der Waals surface area contributed by atoms with Crippen LogP contribution in [0, 0.1) is 10.1 Å². The maximum absolute atomic E-state index is 10.7. The van der Waals surface area contributed by atoms with Crippen LogP contribution in [-0.2, 0) is 6.54 Å². The van der Waals surface area contributed by atoms with Crippen LogP contribution in [0.5, 0.6) is 5.75 Å². The molecule has 18 heavy (non-hydrogen) atoms. The highest BCUT2D eigenvalue weighted by Crippen LogP contribution is 2.23. The van der Waals surface area contributed by atoms with Crippen LogP contribution in [0.3, 0.4) is 0 Å². The zero-order valence-electron chi connectivity index (χ0n) is 10.00. The molecule has 0 aliphatic heterocycles. The van der Waals surface area contributed by atoms with Gasteiger partial charge in [-0.05, 0) is 6.07 Å². The number of hydrogen-bond acceptors (Lipinski definition) is 6. The van der Waals surface area contributed by atoms with E-state index in [2.05, 4.69) is 5.32 Å². The second-order valence-corrected chi connectivity index (χ2v) is 3.70. The Morgan fingerprint density at radius 2 is 2.11 bits per heavy atom. The SMILES string of the molecule is COc1ccc([N+](=O)[O-])cc1CNC(CO)CO. The van der Waals surface area contributed by atoms with Crippen LogP contribution < -0.4 is 10.1 Å². The number of benzene rings is 1. The lowest BCUT2D eigenvalue weighted by Crippen LogP contribution is -2.35. The van der Waals surface area contributed by atoms with Crippen molar-refractivity contribution in [2.75, 3.05) is 20.3 Å². The lowest BCUT2D eigenvalue weighted by atomic mass is 10.1. The van der Waals surface area contributed by atoms with E-state index in [0.29, 0.717) is 11.3 Å². The number of aliphatic hydroxyl groups is 2. The Bertz CT molecular complexity index is 406. The first-order valence-corrected chi connectivity index (χ1v) is 5.38.